The van der Waals surface area contributed by atoms with Gasteiger partial charge in [-0.1, -0.05) is 41.4 Å². The van der Waals surface area contributed by atoms with E-state index in [0.717, 1.165) is 16.1 Å². The van der Waals surface area contributed by atoms with Gasteiger partial charge in [-0.15, -0.1) is 11.3 Å². The highest BCUT2D eigenvalue weighted by Gasteiger charge is 2.17. The van der Waals surface area contributed by atoms with Gasteiger partial charge in [0, 0.05) is 17.5 Å². The summed E-state index contributed by atoms with van der Waals surface area (Å²) in [6.45, 7) is 1.31. The van der Waals surface area contributed by atoms with Crippen LogP contribution in [0.2, 0.25) is 10.0 Å². The zero-order valence-corrected chi connectivity index (χ0v) is 17.0. The second-order valence-corrected chi connectivity index (χ2v) is 7.85. The number of rotatable bonds is 5. The molecule has 1 aliphatic rings. The molecule has 0 spiro atoms. The van der Waals surface area contributed by atoms with Crippen LogP contribution in [-0.2, 0) is 17.8 Å². The van der Waals surface area contributed by atoms with Gasteiger partial charge in [0.25, 0.3) is 0 Å². The van der Waals surface area contributed by atoms with E-state index in [1.165, 1.54) is 11.3 Å². The van der Waals surface area contributed by atoms with Gasteiger partial charge in [0.2, 0.25) is 5.91 Å². The number of thiazole rings is 1. The highest BCUT2D eigenvalue weighted by Crippen LogP contribution is 2.38. The third kappa shape index (κ3) is 4.24. The minimum atomic E-state index is -0.123. The molecule has 5 nitrogen and oxygen atoms in total. The molecule has 8 heteroatoms. The van der Waals surface area contributed by atoms with Gasteiger partial charge in [-0.3, -0.25) is 4.79 Å². The normalized spacial score (nSPS) is 12.6. The average Bonchev–Trinajstić information content (AvgIpc) is 3.15. The summed E-state index contributed by atoms with van der Waals surface area (Å²) < 4.78 is 11.1. The van der Waals surface area contributed by atoms with Crippen LogP contribution in [0.4, 0.5) is 0 Å². The third-order valence-electron chi connectivity index (χ3n) is 4.14. The lowest BCUT2D eigenvalue weighted by molar-refractivity contribution is -0.120. The van der Waals surface area contributed by atoms with Crippen LogP contribution in [0, 0.1) is 0 Å². The van der Waals surface area contributed by atoms with Crippen molar-refractivity contribution in [2.45, 2.75) is 13.0 Å². The van der Waals surface area contributed by atoms with Crippen LogP contribution in [-0.4, -0.2) is 24.1 Å². The maximum absolute atomic E-state index is 12.3. The summed E-state index contributed by atoms with van der Waals surface area (Å²) >= 11 is 13.9. The Morgan fingerprint density at radius 1 is 1.14 bits per heavy atom. The largest absolute Gasteiger partial charge is 0.486 e. The van der Waals surface area contributed by atoms with E-state index < -0.39 is 0 Å². The summed E-state index contributed by atoms with van der Waals surface area (Å²) in [7, 11) is 0. The smallest absolute Gasteiger partial charge is 0.226 e. The maximum atomic E-state index is 12.3. The van der Waals surface area contributed by atoms with Crippen molar-refractivity contribution < 1.29 is 14.3 Å². The quantitative estimate of drug-likeness (QED) is 0.629. The number of benzene rings is 2. The molecule has 0 unspecified atom stereocenters. The standard InChI is InChI=1S/C20H16Cl2N2O3S/c21-15-4-2-1-3-14(15)20-24-13(11-28-20)9-18(25)23-10-12-7-16(22)19-17(8-12)26-5-6-27-19/h1-4,7-8,11H,5-6,9-10H2,(H,23,25). The first kappa shape index (κ1) is 19.1. The molecule has 2 heterocycles. The highest BCUT2D eigenvalue weighted by molar-refractivity contribution is 7.13. The number of carbonyl (C=O) groups is 1. The number of aromatic nitrogens is 1. The number of hydrogen-bond donors (Lipinski definition) is 1. The molecule has 1 aliphatic heterocycles. The van der Waals surface area contributed by atoms with E-state index in [9.17, 15) is 4.79 Å². The minimum Gasteiger partial charge on any atom is -0.486 e. The zero-order chi connectivity index (χ0) is 19.5. The first-order valence-electron chi connectivity index (χ1n) is 8.64. The zero-order valence-electron chi connectivity index (χ0n) is 14.7. The van der Waals surface area contributed by atoms with Crippen LogP contribution in [0.25, 0.3) is 10.6 Å². The van der Waals surface area contributed by atoms with Crippen molar-refractivity contribution in [3.05, 3.63) is 63.1 Å². The Balaban J connectivity index is 1.38. The number of halogens is 2. The molecule has 3 aromatic rings. The number of hydrogen-bond acceptors (Lipinski definition) is 5. The fraction of sp³-hybridized carbons (Fsp3) is 0.200. The van der Waals surface area contributed by atoms with Gasteiger partial charge in [0.1, 0.15) is 18.2 Å². The molecule has 0 atom stereocenters. The van der Waals surface area contributed by atoms with Crippen LogP contribution in [0.15, 0.2) is 41.8 Å². The molecule has 0 saturated heterocycles. The van der Waals surface area contributed by atoms with E-state index in [2.05, 4.69) is 10.3 Å². The summed E-state index contributed by atoms with van der Waals surface area (Å²) in [5, 5.41) is 6.68. The molecular weight excluding hydrogens is 419 g/mol. The Hall–Kier alpha value is -2.28. The van der Waals surface area contributed by atoms with Gasteiger partial charge >= 0.3 is 0 Å². The Bertz CT molecular complexity index is 1020. The molecular formula is C20H16Cl2N2O3S. The van der Waals surface area contributed by atoms with E-state index in [4.69, 9.17) is 32.7 Å². The second-order valence-electron chi connectivity index (χ2n) is 6.18. The van der Waals surface area contributed by atoms with Crippen molar-refractivity contribution in [1.82, 2.24) is 10.3 Å². The van der Waals surface area contributed by atoms with Gasteiger partial charge < -0.3 is 14.8 Å². The van der Waals surface area contributed by atoms with Gasteiger partial charge in [0.15, 0.2) is 11.5 Å². The van der Waals surface area contributed by atoms with E-state index in [1.807, 2.05) is 35.7 Å². The molecule has 28 heavy (non-hydrogen) atoms. The predicted molar refractivity (Wildman–Crippen MR) is 111 cm³/mol. The number of nitrogens with zero attached hydrogens (tertiary/aromatic N) is 1. The summed E-state index contributed by atoms with van der Waals surface area (Å²) in [5.74, 6) is 1.03. The van der Waals surface area contributed by atoms with E-state index in [-0.39, 0.29) is 12.3 Å². The van der Waals surface area contributed by atoms with E-state index in [1.54, 1.807) is 6.07 Å². The SMILES string of the molecule is O=C(Cc1csc(-c2ccccc2Cl)n1)NCc1cc(Cl)c2c(c1)OCCO2. The molecule has 0 saturated carbocycles. The van der Waals surface area contributed by atoms with Crippen LogP contribution >= 0.6 is 34.5 Å². The van der Waals surface area contributed by atoms with Crippen LogP contribution in [0.1, 0.15) is 11.3 Å². The lowest BCUT2D eigenvalue weighted by Crippen LogP contribution is -2.25. The Labute approximate surface area is 176 Å². The summed E-state index contributed by atoms with van der Waals surface area (Å²) in [6.07, 6.45) is 0.194. The predicted octanol–water partition coefficient (Wildman–Crippen LogP) is 4.75. The van der Waals surface area contributed by atoms with Gasteiger partial charge in [-0.05, 0) is 23.8 Å². The number of carbonyl (C=O) groups excluding carboxylic acids is 1. The number of ether oxygens (including phenoxy) is 2. The van der Waals surface area contributed by atoms with E-state index in [0.29, 0.717) is 47.0 Å². The molecule has 2 aromatic carbocycles. The summed E-state index contributed by atoms with van der Waals surface area (Å²) in [4.78, 5) is 16.8. The van der Waals surface area contributed by atoms with Gasteiger partial charge in [-0.2, -0.15) is 0 Å². The van der Waals surface area contributed by atoms with Crippen molar-refractivity contribution in [2.24, 2.45) is 0 Å². The second kappa shape index (κ2) is 8.39. The molecule has 4 rings (SSSR count). The molecule has 144 valence electrons. The third-order valence-corrected chi connectivity index (χ3v) is 5.68. The van der Waals surface area contributed by atoms with Crippen LogP contribution in [0.3, 0.4) is 0 Å². The minimum absolute atomic E-state index is 0.123. The molecule has 0 aliphatic carbocycles. The number of nitrogens with one attached hydrogen (secondary N) is 1. The monoisotopic (exact) mass is 434 g/mol. The van der Waals surface area contributed by atoms with Crippen molar-refractivity contribution in [2.75, 3.05) is 13.2 Å². The Morgan fingerprint density at radius 3 is 2.82 bits per heavy atom. The first-order chi connectivity index (χ1) is 13.6. The van der Waals surface area contributed by atoms with Crippen molar-refractivity contribution in [1.29, 1.82) is 0 Å². The van der Waals surface area contributed by atoms with Gasteiger partial charge in [0.05, 0.1) is 22.2 Å². The molecule has 0 radical (unpaired) electrons. The fourth-order valence-electron chi connectivity index (χ4n) is 2.84. The number of amides is 1. The molecule has 1 N–H and O–H groups in total. The Kier molecular flexibility index (Phi) is 5.71. The fourth-order valence-corrected chi connectivity index (χ4v) is 4.27. The molecule has 1 aromatic heterocycles. The summed E-state index contributed by atoms with van der Waals surface area (Å²) in [6, 6.07) is 11.1. The van der Waals surface area contributed by atoms with Gasteiger partial charge in [-0.25, -0.2) is 4.98 Å². The average molecular weight is 435 g/mol. The van der Waals surface area contributed by atoms with Crippen molar-refractivity contribution in [3.63, 3.8) is 0 Å². The van der Waals surface area contributed by atoms with Crippen LogP contribution < -0.4 is 14.8 Å². The molecule has 1 amide bonds. The van der Waals surface area contributed by atoms with Crippen molar-refractivity contribution >= 4 is 40.4 Å². The lowest BCUT2D eigenvalue weighted by Gasteiger charge is -2.20. The van der Waals surface area contributed by atoms with Crippen molar-refractivity contribution in [3.8, 4) is 22.1 Å². The molecule has 0 bridgehead atoms. The summed E-state index contributed by atoms with van der Waals surface area (Å²) in [5.41, 5.74) is 2.42. The first-order valence-corrected chi connectivity index (χ1v) is 10.3. The topological polar surface area (TPSA) is 60.5 Å². The van der Waals surface area contributed by atoms with Crippen LogP contribution in [0.5, 0.6) is 11.5 Å². The highest BCUT2D eigenvalue weighted by atomic mass is 35.5. The Morgan fingerprint density at radius 2 is 1.96 bits per heavy atom. The number of fused-ring (bicyclic) bond motifs is 1. The van der Waals surface area contributed by atoms with E-state index >= 15 is 0 Å². The maximum Gasteiger partial charge on any atom is 0.226 e. The molecule has 0 fully saturated rings. The lowest BCUT2D eigenvalue weighted by atomic mass is 10.2.